The van der Waals surface area contributed by atoms with Crippen molar-refractivity contribution in [3.8, 4) is 0 Å². The topological polar surface area (TPSA) is 84.5 Å². The first-order chi connectivity index (χ1) is 12.9. The molecule has 0 aromatic heterocycles. The first-order valence-electron chi connectivity index (χ1n) is 7.89. The molecule has 2 aromatic carbocycles. The van der Waals surface area contributed by atoms with E-state index in [0.29, 0.717) is 5.69 Å². The van der Waals surface area contributed by atoms with E-state index in [0.717, 1.165) is 11.0 Å². The van der Waals surface area contributed by atoms with Crippen LogP contribution in [0.15, 0.2) is 47.4 Å². The molecular formula is C18H14ClFN2O4S. The fourth-order valence-electron chi connectivity index (χ4n) is 2.36. The zero-order chi connectivity index (χ0) is 19.4. The Labute approximate surface area is 163 Å². The van der Waals surface area contributed by atoms with Gasteiger partial charge in [-0.05, 0) is 30.3 Å². The van der Waals surface area contributed by atoms with Gasteiger partial charge in [0.15, 0.2) is 6.61 Å². The van der Waals surface area contributed by atoms with E-state index in [-0.39, 0.29) is 23.0 Å². The molecule has 0 bridgehead atoms. The molecule has 140 valence electrons. The second-order valence-corrected chi connectivity index (χ2v) is 7.31. The molecule has 2 N–H and O–H groups in total. The van der Waals surface area contributed by atoms with Gasteiger partial charge in [0.25, 0.3) is 5.91 Å². The number of hydrogen-bond acceptors (Lipinski definition) is 5. The number of benzene rings is 2. The SMILES string of the molecule is O=C(COC(=O)C[C@@H]1Sc2ccccc2NC1=O)Nc1ccc(Cl)cc1F. The lowest BCUT2D eigenvalue weighted by atomic mass is 10.2. The molecule has 1 atom stereocenters. The summed E-state index contributed by atoms with van der Waals surface area (Å²) in [4.78, 5) is 36.7. The lowest BCUT2D eigenvalue weighted by Crippen LogP contribution is -2.32. The summed E-state index contributed by atoms with van der Waals surface area (Å²) in [6, 6.07) is 11.0. The van der Waals surface area contributed by atoms with Gasteiger partial charge in [-0.3, -0.25) is 14.4 Å². The highest BCUT2D eigenvalue weighted by atomic mass is 35.5. The molecular weight excluding hydrogens is 395 g/mol. The minimum Gasteiger partial charge on any atom is -0.456 e. The van der Waals surface area contributed by atoms with E-state index in [4.69, 9.17) is 16.3 Å². The second kappa shape index (κ2) is 8.41. The highest BCUT2D eigenvalue weighted by Crippen LogP contribution is 2.36. The number of ether oxygens (including phenoxy) is 1. The van der Waals surface area contributed by atoms with Gasteiger partial charge in [0.1, 0.15) is 5.82 Å². The molecule has 27 heavy (non-hydrogen) atoms. The number of para-hydroxylation sites is 1. The Balaban J connectivity index is 1.49. The van der Waals surface area contributed by atoms with Crippen LogP contribution >= 0.6 is 23.4 Å². The zero-order valence-corrected chi connectivity index (χ0v) is 15.4. The summed E-state index contributed by atoms with van der Waals surface area (Å²) in [6.45, 7) is -0.587. The second-order valence-electron chi connectivity index (χ2n) is 5.63. The molecule has 0 spiro atoms. The Kier molecular flexibility index (Phi) is 5.98. The van der Waals surface area contributed by atoms with Crippen molar-refractivity contribution in [3.63, 3.8) is 0 Å². The normalized spacial score (nSPS) is 15.5. The number of carbonyl (C=O) groups excluding carboxylic acids is 3. The third-order valence-corrected chi connectivity index (χ3v) is 5.14. The van der Waals surface area contributed by atoms with Crippen LogP contribution in [0.3, 0.4) is 0 Å². The summed E-state index contributed by atoms with van der Waals surface area (Å²) in [5.41, 5.74) is 0.626. The number of nitrogens with one attached hydrogen (secondary N) is 2. The Morgan fingerprint density at radius 3 is 2.81 bits per heavy atom. The van der Waals surface area contributed by atoms with Gasteiger partial charge in [-0.15, -0.1) is 11.8 Å². The first kappa shape index (κ1) is 19.2. The molecule has 0 fully saturated rings. The number of fused-ring (bicyclic) bond motifs is 1. The average molecular weight is 409 g/mol. The third-order valence-electron chi connectivity index (χ3n) is 3.63. The van der Waals surface area contributed by atoms with Crippen LogP contribution in [-0.4, -0.2) is 29.6 Å². The maximum Gasteiger partial charge on any atom is 0.307 e. The average Bonchev–Trinajstić information content (AvgIpc) is 2.63. The van der Waals surface area contributed by atoms with Gasteiger partial charge in [0.05, 0.1) is 23.0 Å². The third kappa shape index (κ3) is 4.99. The summed E-state index contributed by atoms with van der Waals surface area (Å²) >= 11 is 6.89. The lowest BCUT2D eigenvalue weighted by Gasteiger charge is -2.23. The highest BCUT2D eigenvalue weighted by Gasteiger charge is 2.29. The van der Waals surface area contributed by atoms with Crippen LogP contribution in [-0.2, 0) is 19.1 Å². The molecule has 1 aliphatic rings. The Morgan fingerprint density at radius 2 is 2.04 bits per heavy atom. The van der Waals surface area contributed by atoms with Crippen molar-refractivity contribution in [2.45, 2.75) is 16.6 Å². The molecule has 2 aromatic rings. The molecule has 0 radical (unpaired) electrons. The van der Waals surface area contributed by atoms with E-state index >= 15 is 0 Å². The number of carbonyl (C=O) groups is 3. The number of esters is 1. The molecule has 6 nitrogen and oxygen atoms in total. The quantitative estimate of drug-likeness (QED) is 0.740. The van der Waals surface area contributed by atoms with Gasteiger partial charge in [-0.1, -0.05) is 23.7 Å². The standard InChI is InChI=1S/C18H14ClFN2O4S/c19-10-5-6-12(11(20)7-10)21-16(23)9-26-17(24)8-15-18(25)22-13-3-1-2-4-14(13)27-15/h1-7,15H,8-9H2,(H,21,23)(H,22,25)/t15-/m0/s1. The minimum atomic E-state index is -0.700. The fourth-order valence-corrected chi connectivity index (χ4v) is 3.61. The molecule has 1 aliphatic heterocycles. The minimum absolute atomic E-state index is 0.0701. The maximum atomic E-state index is 13.6. The van der Waals surface area contributed by atoms with Crippen molar-refractivity contribution in [3.05, 3.63) is 53.3 Å². The molecule has 0 saturated carbocycles. The summed E-state index contributed by atoms with van der Waals surface area (Å²) in [5, 5.41) is 4.56. The Hall–Kier alpha value is -2.58. The maximum absolute atomic E-state index is 13.6. The monoisotopic (exact) mass is 408 g/mol. The predicted octanol–water partition coefficient (Wildman–Crippen LogP) is 3.46. The first-order valence-corrected chi connectivity index (χ1v) is 9.15. The molecule has 0 saturated heterocycles. The number of rotatable bonds is 5. The van der Waals surface area contributed by atoms with Crippen molar-refractivity contribution in [1.29, 1.82) is 0 Å². The van der Waals surface area contributed by atoms with Gasteiger partial charge < -0.3 is 15.4 Å². The van der Waals surface area contributed by atoms with E-state index in [9.17, 15) is 18.8 Å². The smallest absolute Gasteiger partial charge is 0.307 e. The Bertz CT molecular complexity index is 909. The number of anilines is 2. The summed E-state index contributed by atoms with van der Waals surface area (Å²) in [5.74, 6) is -2.40. The van der Waals surface area contributed by atoms with Crippen LogP contribution in [0.5, 0.6) is 0 Å². The fraction of sp³-hybridized carbons (Fsp3) is 0.167. The Morgan fingerprint density at radius 1 is 1.26 bits per heavy atom. The van der Waals surface area contributed by atoms with Crippen molar-refractivity contribution < 1.29 is 23.5 Å². The largest absolute Gasteiger partial charge is 0.456 e. The van der Waals surface area contributed by atoms with Gasteiger partial charge in [0, 0.05) is 9.92 Å². The van der Waals surface area contributed by atoms with Crippen LogP contribution < -0.4 is 10.6 Å². The molecule has 2 amide bonds. The van der Waals surface area contributed by atoms with E-state index in [2.05, 4.69) is 10.6 Å². The van der Waals surface area contributed by atoms with Crippen molar-refractivity contribution in [2.75, 3.05) is 17.2 Å². The van der Waals surface area contributed by atoms with Crippen molar-refractivity contribution in [1.82, 2.24) is 0 Å². The van der Waals surface area contributed by atoms with Crippen LogP contribution in [0.25, 0.3) is 0 Å². The van der Waals surface area contributed by atoms with Crippen LogP contribution in [0, 0.1) is 5.82 Å². The predicted molar refractivity (Wildman–Crippen MR) is 100 cm³/mol. The van der Waals surface area contributed by atoms with Crippen LogP contribution in [0.4, 0.5) is 15.8 Å². The molecule has 9 heteroatoms. The number of hydrogen-bond donors (Lipinski definition) is 2. The molecule has 0 unspecified atom stereocenters. The molecule has 0 aliphatic carbocycles. The van der Waals surface area contributed by atoms with Gasteiger partial charge in [0.2, 0.25) is 5.91 Å². The number of amides is 2. The number of halogens is 2. The van der Waals surface area contributed by atoms with E-state index in [1.807, 2.05) is 12.1 Å². The molecule has 1 heterocycles. The van der Waals surface area contributed by atoms with Crippen LogP contribution in [0.2, 0.25) is 5.02 Å². The van der Waals surface area contributed by atoms with Crippen LogP contribution in [0.1, 0.15) is 6.42 Å². The summed E-state index contributed by atoms with van der Waals surface area (Å²) in [7, 11) is 0. The molecule has 3 rings (SSSR count). The van der Waals surface area contributed by atoms with Crippen molar-refractivity contribution >= 4 is 52.5 Å². The number of thioether (sulfide) groups is 1. The summed E-state index contributed by atoms with van der Waals surface area (Å²) in [6.07, 6.45) is -0.187. The van der Waals surface area contributed by atoms with Gasteiger partial charge >= 0.3 is 5.97 Å². The van der Waals surface area contributed by atoms with Crippen molar-refractivity contribution in [2.24, 2.45) is 0 Å². The van der Waals surface area contributed by atoms with E-state index in [1.54, 1.807) is 12.1 Å². The van der Waals surface area contributed by atoms with E-state index in [1.165, 1.54) is 23.9 Å². The van der Waals surface area contributed by atoms with E-state index < -0.39 is 29.6 Å². The van der Waals surface area contributed by atoms with Gasteiger partial charge in [-0.25, -0.2) is 4.39 Å². The lowest BCUT2D eigenvalue weighted by molar-refractivity contribution is -0.147. The van der Waals surface area contributed by atoms with Gasteiger partial charge in [-0.2, -0.15) is 0 Å². The zero-order valence-electron chi connectivity index (χ0n) is 13.8. The highest BCUT2D eigenvalue weighted by molar-refractivity contribution is 8.01. The summed E-state index contributed by atoms with van der Waals surface area (Å²) < 4.78 is 18.5.